The molecular formula is C21H21N3O4S. The van der Waals surface area contributed by atoms with E-state index in [1.807, 2.05) is 25.1 Å². The SMILES string of the molecule is COc1ccc(-n2nc(SCC(=O)Nc3cc(C)ccc3OC)ccc2=O)cc1. The number of rotatable bonds is 7. The Morgan fingerprint density at radius 2 is 1.83 bits per heavy atom. The Labute approximate surface area is 172 Å². The average molecular weight is 411 g/mol. The van der Waals surface area contributed by atoms with E-state index in [4.69, 9.17) is 9.47 Å². The van der Waals surface area contributed by atoms with Crippen molar-refractivity contribution in [1.29, 1.82) is 0 Å². The normalized spacial score (nSPS) is 10.4. The number of methoxy groups -OCH3 is 2. The summed E-state index contributed by atoms with van der Waals surface area (Å²) in [6.07, 6.45) is 0. The first-order chi connectivity index (χ1) is 14.0. The highest BCUT2D eigenvalue weighted by atomic mass is 32.2. The molecule has 29 heavy (non-hydrogen) atoms. The molecule has 0 aliphatic heterocycles. The first-order valence-corrected chi connectivity index (χ1v) is 9.81. The number of thioether (sulfide) groups is 1. The third-order valence-electron chi connectivity index (χ3n) is 4.07. The Hall–Kier alpha value is -3.26. The van der Waals surface area contributed by atoms with E-state index >= 15 is 0 Å². The number of aryl methyl sites for hydroxylation is 1. The van der Waals surface area contributed by atoms with Crippen molar-refractivity contribution in [3.05, 3.63) is 70.5 Å². The van der Waals surface area contributed by atoms with Crippen molar-refractivity contribution in [3.8, 4) is 17.2 Å². The van der Waals surface area contributed by atoms with Crippen molar-refractivity contribution in [1.82, 2.24) is 9.78 Å². The van der Waals surface area contributed by atoms with Gasteiger partial charge in [0.05, 0.1) is 31.3 Å². The summed E-state index contributed by atoms with van der Waals surface area (Å²) in [6.45, 7) is 1.94. The number of nitrogens with zero attached hydrogens (tertiary/aromatic N) is 2. The summed E-state index contributed by atoms with van der Waals surface area (Å²) in [6, 6.07) is 15.6. The van der Waals surface area contributed by atoms with Gasteiger partial charge in [0.2, 0.25) is 5.91 Å². The van der Waals surface area contributed by atoms with Crippen molar-refractivity contribution in [2.45, 2.75) is 11.9 Å². The average Bonchev–Trinajstić information content (AvgIpc) is 2.73. The number of benzene rings is 2. The molecule has 8 heteroatoms. The highest BCUT2D eigenvalue weighted by Gasteiger charge is 2.10. The number of aromatic nitrogens is 2. The molecule has 1 aromatic heterocycles. The van der Waals surface area contributed by atoms with Gasteiger partial charge in [0.25, 0.3) is 5.56 Å². The fraction of sp³-hybridized carbons (Fsp3) is 0.190. The number of nitrogens with one attached hydrogen (secondary N) is 1. The molecule has 1 heterocycles. The van der Waals surface area contributed by atoms with Gasteiger partial charge in [-0.2, -0.15) is 9.78 Å². The molecule has 7 nitrogen and oxygen atoms in total. The zero-order chi connectivity index (χ0) is 20.8. The maximum atomic E-state index is 12.4. The molecule has 1 amide bonds. The molecule has 0 aliphatic carbocycles. The molecule has 0 fully saturated rings. The topological polar surface area (TPSA) is 82.5 Å². The number of hydrogen-bond donors (Lipinski definition) is 1. The van der Waals surface area contributed by atoms with Crippen LogP contribution in [0.3, 0.4) is 0 Å². The van der Waals surface area contributed by atoms with E-state index in [1.54, 1.807) is 44.6 Å². The van der Waals surface area contributed by atoms with Crippen LogP contribution in [-0.4, -0.2) is 35.7 Å². The summed E-state index contributed by atoms with van der Waals surface area (Å²) in [4.78, 5) is 24.5. The molecule has 1 N–H and O–H groups in total. The van der Waals surface area contributed by atoms with Gasteiger partial charge in [0.1, 0.15) is 16.5 Å². The van der Waals surface area contributed by atoms with Gasteiger partial charge < -0.3 is 14.8 Å². The van der Waals surface area contributed by atoms with Crippen molar-refractivity contribution in [2.24, 2.45) is 0 Å². The maximum Gasteiger partial charge on any atom is 0.271 e. The lowest BCUT2D eigenvalue weighted by Crippen LogP contribution is -2.21. The van der Waals surface area contributed by atoms with E-state index in [9.17, 15) is 9.59 Å². The van der Waals surface area contributed by atoms with Gasteiger partial charge in [-0.3, -0.25) is 9.59 Å². The number of hydrogen-bond acceptors (Lipinski definition) is 6. The van der Waals surface area contributed by atoms with Gasteiger partial charge in [-0.15, -0.1) is 0 Å². The highest BCUT2D eigenvalue weighted by Crippen LogP contribution is 2.25. The first kappa shape index (κ1) is 20.5. The summed E-state index contributed by atoms with van der Waals surface area (Å²) >= 11 is 1.24. The molecule has 2 aromatic carbocycles. The van der Waals surface area contributed by atoms with E-state index in [0.717, 1.165) is 5.56 Å². The van der Waals surface area contributed by atoms with Crippen molar-refractivity contribution < 1.29 is 14.3 Å². The molecule has 0 atom stereocenters. The summed E-state index contributed by atoms with van der Waals surface area (Å²) in [5, 5.41) is 7.76. The predicted molar refractivity (Wildman–Crippen MR) is 113 cm³/mol. The second-order valence-corrected chi connectivity index (χ2v) is 7.16. The van der Waals surface area contributed by atoms with Crippen LogP contribution in [0.25, 0.3) is 5.69 Å². The lowest BCUT2D eigenvalue weighted by molar-refractivity contribution is -0.113. The van der Waals surface area contributed by atoms with Crippen LogP contribution in [0.1, 0.15) is 5.56 Å². The second kappa shape index (κ2) is 9.29. The van der Waals surface area contributed by atoms with Gasteiger partial charge in [-0.1, -0.05) is 17.8 Å². The molecule has 3 rings (SSSR count). The van der Waals surface area contributed by atoms with E-state index in [1.165, 1.54) is 22.5 Å². The number of amides is 1. The fourth-order valence-electron chi connectivity index (χ4n) is 2.63. The Balaban J connectivity index is 1.70. The van der Waals surface area contributed by atoms with Gasteiger partial charge in [0, 0.05) is 6.07 Å². The number of carbonyl (C=O) groups excluding carboxylic acids is 1. The zero-order valence-electron chi connectivity index (χ0n) is 16.3. The molecular weight excluding hydrogens is 390 g/mol. The van der Waals surface area contributed by atoms with Crippen LogP contribution >= 0.6 is 11.8 Å². The van der Waals surface area contributed by atoms with Gasteiger partial charge in [-0.05, 0) is 55.0 Å². The van der Waals surface area contributed by atoms with Crippen LogP contribution in [-0.2, 0) is 4.79 Å². The lowest BCUT2D eigenvalue weighted by Gasteiger charge is -2.11. The summed E-state index contributed by atoms with van der Waals surface area (Å²) < 4.78 is 11.7. The minimum atomic E-state index is -0.256. The molecule has 0 bridgehead atoms. The van der Waals surface area contributed by atoms with Crippen molar-refractivity contribution in [2.75, 3.05) is 25.3 Å². The molecule has 0 spiro atoms. The Morgan fingerprint density at radius 3 is 2.52 bits per heavy atom. The van der Waals surface area contributed by atoms with Crippen molar-refractivity contribution >= 4 is 23.4 Å². The zero-order valence-corrected chi connectivity index (χ0v) is 17.2. The van der Waals surface area contributed by atoms with Crippen LogP contribution in [0.5, 0.6) is 11.5 Å². The minimum Gasteiger partial charge on any atom is -0.497 e. The summed E-state index contributed by atoms with van der Waals surface area (Å²) in [5.74, 6) is 1.24. The van der Waals surface area contributed by atoms with Gasteiger partial charge in [-0.25, -0.2) is 0 Å². The molecule has 0 radical (unpaired) electrons. The molecule has 0 unspecified atom stereocenters. The van der Waals surface area contributed by atoms with E-state index in [0.29, 0.717) is 27.9 Å². The maximum absolute atomic E-state index is 12.4. The molecule has 150 valence electrons. The monoisotopic (exact) mass is 411 g/mol. The molecule has 3 aromatic rings. The summed E-state index contributed by atoms with van der Waals surface area (Å²) in [5.41, 5.74) is 2.00. The third-order valence-corrected chi connectivity index (χ3v) is 4.99. The standard InChI is InChI=1S/C21H21N3O4S/c1-14-4-9-18(28-3)17(12-14)22-19(25)13-29-20-10-11-21(26)24(23-20)15-5-7-16(27-2)8-6-15/h4-12H,13H2,1-3H3,(H,22,25). The van der Waals surface area contributed by atoms with Crippen LogP contribution in [0, 0.1) is 6.92 Å². The Bertz CT molecular complexity index is 1060. The van der Waals surface area contributed by atoms with E-state index < -0.39 is 0 Å². The minimum absolute atomic E-state index is 0.144. The smallest absolute Gasteiger partial charge is 0.271 e. The van der Waals surface area contributed by atoms with Gasteiger partial charge in [0.15, 0.2) is 0 Å². The van der Waals surface area contributed by atoms with Crippen LogP contribution < -0.4 is 20.3 Å². The molecule has 0 aliphatic rings. The molecule has 0 saturated carbocycles. The molecule has 0 saturated heterocycles. The largest absolute Gasteiger partial charge is 0.497 e. The quantitative estimate of drug-likeness (QED) is 0.601. The Kier molecular flexibility index (Phi) is 6.56. The van der Waals surface area contributed by atoms with Gasteiger partial charge >= 0.3 is 0 Å². The predicted octanol–water partition coefficient (Wildman–Crippen LogP) is 3.29. The van der Waals surface area contributed by atoms with Crippen LogP contribution in [0.2, 0.25) is 0 Å². The summed E-state index contributed by atoms with van der Waals surface area (Å²) in [7, 11) is 3.13. The van der Waals surface area contributed by atoms with E-state index in [2.05, 4.69) is 10.4 Å². The van der Waals surface area contributed by atoms with E-state index in [-0.39, 0.29) is 17.2 Å². The lowest BCUT2D eigenvalue weighted by atomic mass is 10.2. The van der Waals surface area contributed by atoms with Crippen LogP contribution in [0.4, 0.5) is 5.69 Å². The van der Waals surface area contributed by atoms with Crippen LogP contribution in [0.15, 0.2) is 64.4 Å². The third kappa shape index (κ3) is 5.17. The highest BCUT2D eigenvalue weighted by molar-refractivity contribution is 7.99. The Morgan fingerprint density at radius 1 is 1.07 bits per heavy atom. The van der Waals surface area contributed by atoms with Crippen molar-refractivity contribution in [3.63, 3.8) is 0 Å². The second-order valence-electron chi connectivity index (χ2n) is 6.16. The number of ether oxygens (including phenoxy) is 2. The number of anilines is 1. The fourth-order valence-corrected chi connectivity index (χ4v) is 3.28. The number of carbonyl (C=O) groups is 1. The first-order valence-electron chi connectivity index (χ1n) is 8.82.